The third-order valence-corrected chi connectivity index (χ3v) is 4.48. The van der Waals surface area contributed by atoms with E-state index in [9.17, 15) is 0 Å². The van der Waals surface area contributed by atoms with Crippen molar-refractivity contribution in [2.24, 2.45) is 4.99 Å². The number of halogens is 1. The van der Waals surface area contributed by atoms with Crippen LogP contribution in [-0.4, -0.2) is 64.1 Å². The van der Waals surface area contributed by atoms with Crippen LogP contribution in [0.4, 0.5) is 0 Å². The van der Waals surface area contributed by atoms with Gasteiger partial charge in [0.05, 0.1) is 13.2 Å². The van der Waals surface area contributed by atoms with Gasteiger partial charge in [0, 0.05) is 38.2 Å². The van der Waals surface area contributed by atoms with Gasteiger partial charge in [-0.3, -0.25) is 0 Å². The van der Waals surface area contributed by atoms with Crippen molar-refractivity contribution in [3.8, 4) is 0 Å². The van der Waals surface area contributed by atoms with Crippen molar-refractivity contribution in [3.63, 3.8) is 0 Å². The molecule has 0 fully saturated rings. The molecule has 0 radical (unpaired) electrons. The Balaban J connectivity index is 0.00000576. The fourth-order valence-corrected chi connectivity index (χ4v) is 2.91. The van der Waals surface area contributed by atoms with Crippen molar-refractivity contribution in [3.05, 3.63) is 29.3 Å². The van der Waals surface area contributed by atoms with E-state index >= 15 is 0 Å². The maximum absolute atomic E-state index is 5.10. The number of guanidine groups is 1. The van der Waals surface area contributed by atoms with Crippen LogP contribution >= 0.6 is 35.7 Å². The van der Waals surface area contributed by atoms with Crippen LogP contribution in [0.1, 0.15) is 18.1 Å². The molecule has 1 aromatic carbocycles. The van der Waals surface area contributed by atoms with E-state index in [-0.39, 0.29) is 24.0 Å². The summed E-state index contributed by atoms with van der Waals surface area (Å²) in [6.07, 6.45) is 2.11. The first-order valence-electron chi connectivity index (χ1n) is 8.43. The molecule has 0 atom stereocenters. The number of likely N-dealkylation sites (N-methyl/N-ethyl adjacent to an activating group) is 1. The molecular formula is C18H33IN4OS. The number of hydrogen-bond donors (Lipinski definition) is 2. The van der Waals surface area contributed by atoms with E-state index < -0.39 is 0 Å². The fraction of sp³-hybridized carbons (Fsp3) is 0.611. The zero-order valence-electron chi connectivity index (χ0n) is 16.1. The molecule has 0 aliphatic rings. The molecule has 1 rings (SSSR count). The van der Waals surface area contributed by atoms with Crippen molar-refractivity contribution in [1.29, 1.82) is 0 Å². The number of nitrogens with zero attached hydrogens (tertiary/aromatic N) is 2. The Hall–Kier alpha value is -0.510. The predicted molar refractivity (Wildman–Crippen MR) is 121 cm³/mol. The van der Waals surface area contributed by atoms with Crippen molar-refractivity contribution in [2.45, 2.75) is 25.3 Å². The lowest BCUT2D eigenvalue weighted by atomic mass is 10.1. The van der Waals surface area contributed by atoms with Crippen LogP contribution in [0.15, 0.2) is 28.1 Å². The first kappa shape index (κ1) is 24.5. The lowest BCUT2D eigenvalue weighted by Crippen LogP contribution is -2.41. The maximum atomic E-state index is 5.10. The van der Waals surface area contributed by atoms with Crippen LogP contribution in [0.25, 0.3) is 0 Å². The monoisotopic (exact) mass is 480 g/mol. The molecule has 0 unspecified atom stereocenters. The number of benzene rings is 1. The molecular weight excluding hydrogens is 447 g/mol. The fourth-order valence-electron chi connectivity index (χ4n) is 2.21. The largest absolute Gasteiger partial charge is 0.383 e. The number of aliphatic imine (C=N–C) groups is 1. The minimum Gasteiger partial charge on any atom is -0.383 e. The molecule has 0 heterocycles. The topological polar surface area (TPSA) is 48.9 Å². The zero-order valence-corrected chi connectivity index (χ0v) is 19.2. The van der Waals surface area contributed by atoms with Crippen molar-refractivity contribution in [1.82, 2.24) is 15.5 Å². The molecule has 0 spiro atoms. The second-order valence-electron chi connectivity index (χ2n) is 5.73. The molecule has 0 aliphatic heterocycles. The van der Waals surface area contributed by atoms with E-state index in [0.717, 1.165) is 38.7 Å². The van der Waals surface area contributed by atoms with E-state index in [1.807, 2.05) is 0 Å². The van der Waals surface area contributed by atoms with Crippen LogP contribution in [0.5, 0.6) is 0 Å². The summed E-state index contributed by atoms with van der Waals surface area (Å²) in [4.78, 5) is 8.26. The zero-order chi connectivity index (χ0) is 17.8. The summed E-state index contributed by atoms with van der Waals surface area (Å²) >= 11 is 1.78. The average Bonchev–Trinajstić information content (AvgIpc) is 2.58. The van der Waals surface area contributed by atoms with E-state index in [1.54, 1.807) is 18.9 Å². The van der Waals surface area contributed by atoms with Gasteiger partial charge in [-0.1, -0.05) is 12.1 Å². The van der Waals surface area contributed by atoms with Gasteiger partial charge in [0.1, 0.15) is 0 Å². The summed E-state index contributed by atoms with van der Waals surface area (Å²) < 4.78 is 5.10. The van der Waals surface area contributed by atoms with Crippen LogP contribution in [0, 0.1) is 6.92 Å². The number of methoxy groups -OCH3 is 1. The number of nitrogens with one attached hydrogen (secondary N) is 2. The van der Waals surface area contributed by atoms with Gasteiger partial charge < -0.3 is 20.3 Å². The molecule has 2 N–H and O–H groups in total. The van der Waals surface area contributed by atoms with Crippen LogP contribution < -0.4 is 10.6 Å². The van der Waals surface area contributed by atoms with Crippen molar-refractivity contribution >= 4 is 41.7 Å². The van der Waals surface area contributed by atoms with Gasteiger partial charge in [0.2, 0.25) is 0 Å². The SMILES string of the molecule is CCNC(=NCc1ccc(C)cc1SC)NCCN(C)CCOC.I. The first-order chi connectivity index (χ1) is 11.6. The molecule has 5 nitrogen and oxygen atoms in total. The Morgan fingerprint density at radius 2 is 2.04 bits per heavy atom. The summed E-state index contributed by atoms with van der Waals surface area (Å²) in [5.41, 5.74) is 2.55. The third-order valence-electron chi connectivity index (χ3n) is 3.66. The molecule has 144 valence electrons. The Morgan fingerprint density at radius 1 is 1.28 bits per heavy atom. The number of hydrogen-bond acceptors (Lipinski definition) is 4. The highest BCUT2D eigenvalue weighted by atomic mass is 127. The average molecular weight is 480 g/mol. The number of aryl methyl sites for hydroxylation is 1. The van der Waals surface area contributed by atoms with Crippen LogP contribution in [0.3, 0.4) is 0 Å². The van der Waals surface area contributed by atoms with Crippen LogP contribution in [-0.2, 0) is 11.3 Å². The quantitative estimate of drug-likeness (QED) is 0.234. The first-order valence-corrected chi connectivity index (χ1v) is 9.66. The lowest BCUT2D eigenvalue weighted by molar-refractivity contribution is 0.162. The number of rotatable bonds is 10. The van der Waals surface area contributed by atoms with Gasteiger partial charge in [-0.25, -0.2) is 4.99 Å². The van der Waals surface area contributed by atoms with Crippen LogP contribution in [0.2, 0.25) is 0 Å². The summed E-state index contributed by atoms with van der Waals surface area (Å²) in [7, 11) is 3.83. The number of ether oxygens (including phenoxy) is 1. The molecule has 1 aromatic rings. The van der Waals surface area contributed by atoms with E-state index in [0.29, 0.717) is 6.54 Å². The van der Waals surface area contributed by atoms with E-state index in [1.165, 1.54) is 16.0 Å². The van der Waals surface area contributed by atoms with E-state index in [4.69, 9.17) is 9.73 Å². The smallest absolute Gasteiger partial charge is 0.191 e. The molecule has 0 aromatic heterocycles. The van der Waals surface area contributed by atoms with Crippen molar-refractivity contribution < 1.29 is 4.74 Å². The molecule has 0 saturated carbocycles. The highest BCUT2D eigenvalue weighted by Crippen LogP contribution is 2.22. The molecule has 0 bridgehead atoms. The molecule has 7 heteroatoms. The molecule has 0 amide bonds. The Labute approximate surface area is 174 Å². The minimum absolute atomic E-state index is 0. The van der Waals surface area contributed by atoms with Gasteiger partial charge in [0.25, 0.3) is 0 Å². The summed E-state index contributed by atoms with van der Waals surface area (Å²) in [5, 5.41) is 6.70. The highest BCUT2D eigenvalue weighted by molar-refractivity contribution is 14.0. The summed E-state index contributed by atoms with van der Waals surface area (Å²) in [6, 6.07) is 6.54. The second kappa shape index (κ2) is 14.6. The van der Waals surface area contributed by atoms with Gasteiger partial charge in [0.15, 0.2) is 5.96 Å². The van der Waals surface area contributed by atoms with Gasteiger partial charge in [-0.15, -0.1) is 35.7 Å². The van der Waals surface area contributed by atoms with E-state index in [2.05, 4.69) is 60.9 Å². The molecule has 0 saturated heterocycles. The maximum Gasteiger partial charge on any atom is 0.191 e. The summed E-state index contributed by atoms with van der Waals surface area (Å²) in [5.74, 6) is 0.866. The standard InChI is InChI=1S/C18H32N4OS.HI/c1-6-19-18(20-9-10-22(3)11-12-23-4)21-14-16-8-7-15(2)13-17(16)24-5;/h7-8,13H,6,9-12,14H2,1-5H3,(H2,19,20,21);1H. The van der Waals surface area contributed by atoms with Gasteiger partial charge in [-0.2, -0.15) is 0 Å². The Kier molecular flexibility index (Phi) is 14.3. The Morgan fingerprint density at radius 3 is 2.68 bits per heavy atom. The molecule has 25 heavy (non-hydrogen) atoms. The second-order valence-corrected chi connectivity index (χ2v) is 6.58. The third kappa shape index (κ3) is 10.3. The normalized spacial score (nSPS) is 11.4. The highest BCUT2D eigenvalue weighted by Gasteiger charge is 2.03. The van der Waals surface area contributed by atoms with Crippen molar-refractivity contribution in [2.75, 3.05) is 53.2 Å². The Bertz CT molecular complexity index is 514. The van der Waals surface area contributed by atoms with Gasteiger partial charge in [-0.05, 0) is 44.3 Å². The molecule has 0 aliphatic carbocycles. The predicted octanol–water partition coefficient (Wildman–Crippen LogP) is 2.97. The summed E-state index contributed by atoms with van der Waals surface area (Å²) in [6.45, 7) is 9.26. The number of thioether (sulfide) groups is 1. The lowest BCUT2D eigenvalue weighted by Gasteiger charge is -2.18. The minimum atomic E-state index is 0. The van der Waals surface area contributed by atoms with Gasteiger partial charge >= 0.3 is 0 Å².